The monoisotopic (exact) mass is 217 g/mol. The first-order chi connectivity index (χ1) is 6.95. The quantitative estimate of drug-likeness (QED) is 0.826. The van der Waals surface area contributed by atoms with Crippen molar-refractivity contribution in [1.82, 2.24) is 0 Å². The number of halogens is 3. The van der Waals surface area contributed by atoms with Crippen LogP contribution in [0.4, 0.5) is 13.2 Å². The Morgan fingerprint density at radius 1 is 1.33 bits per heavy atom. The number of alkyl halides is 3. The van der Waals surface area contributed by atoms with Gasteiger partial charge in [0.15, 0.2) is 0 Å². The van der Waals surface area contributed by atoms with Crippen molar-refractivity contribution in [3.63, 3.8) is 0 Å². The molecule has 1 rings (SSSR count). The van der Waals surface area contributed by atoms with Gasteiger partial charge in [0.25, 0.3) is 0 Å². The summed E-state index contributed by atoms with van der Waals surface area (Å²) in [4.78, 5) is 0. The average Bonchev–Trinajstić information content (AvgIpc) is 2.17. The lowest BCUT2D eigenvalue weighted by Crippen LogP contribution is -2.08. The normalized spacial score (nSPS) is 13.9. The number of hydrogen-bond acceptors (Lipinski definition) is 1. The van der Waals surface area contributed by atoms with E-state index < -0.39 is 11.7 Å². The molecule has 1 aromatic rings. The van der Waals surface area contributed by atoms with Crippen molar-refractivity contribution >= 4 is 0 Å². The van der Waals surface area contributed by atoms with Crippen LogP contribution in [0.1, 0.15) is 30.4 Å². The van der Waals surface area contributed by atoms with E-state index in [0.717, 1.165) is 6.07 Å². The molecule has 0 aliphatic carbocycles. The van der Waals surface area contributed by atoms with E-state index in [4.69, 9.17) is 5.73 Å². The smallest absolute Gasteiger partial charge is 0.330 e. The molecule has 2 N–H and O–H groups in total. The van der Waals surface area contributed by atoms with Crippen LogP contribution in [0.5, 0.6) is 0 Å². The van der Waals surface area contributed by atoms with E-state index in [1.807, 2.05) is 6.92 Å². The first-order valence-corrected chi connectivity index (χ1v) is 4.82. The second-order valence-corrected chi connectivity index (χ2v) is 3.60. The zero-order chi connectivity index (χ0) is 11.5. The molecule has 0 bridgehead atoms. The molecule has 0 spiro atoms. The van der Waals surface area contributed by atoms with E-state index in [1.165, 1.54) is 12.1 Å². The third kappa shape index (κ3) is 3.23. The van der Waals surface area contributed by atoms with Crippen LogP contribution in [0.15, 0.2) is 24.3 Å². The van der Waals surface area contributed by atoms with Gasteiger partial charge < -0.3 is 5.73 Å². The summed E-state index contributed by atoms with van der Waals surface area (Å²) in [5, 5.41) is 0. The minimum atomic E-state index is -4.27. The fourth-order valence-electron chi connectivity index (χ4n) is 1.44. The fraction of sp³-hybridized carbons (Fsp3) is 0.455. The van der Waals surface area contributed by atoms with Gasteiger partial charge in [-0.3, -0.25) is 0 Å². The van der Waals surface area contributed by atoms with Crippen LogP contribution in [0.3, 0.4) is 0 Å². The van der Waals surface area contributed by atoms with Crippen LogP contribution in [0.2, 0.25) is 0 Å². The van der Waals surface area contributed by atoms with Crippen molar-refractivity contribution in [2.45, 2.75) is 25.4 Å². The Morgan fingerprint density at radius 3 is 2.53 bits per heavy atom. The summed E-state index contributed by atoms with van der Waals surface area (Å²) in [5.74, 6) is 0.0669. The minimum Gasteiger partial charge on any atom is -0.330 e. The molecule has 1 atom stereocenters. The van der Waals surface area contributed by atoms with Gasteiger partial charge in [-0.05, 0) is 30.5 Å². The standard InChI is InChI=1S/C11H14F3N/c1-8(5-6-15)9-3-2-4-10(7-9)11(12,13)14/h2-4,7-8H,5-6,15H2,1H3/t8-/m1/s1. The summed E-state index contributed by atoms with van der Waals surface area (Å²) in [6.45, 7) is 2.36. The topological polar surface area (TPSA) is 26.0 Å². The minimum absolute atomic E-state index is 0.0669. The third-order valence-electron chi connectivity index (χ3n) is 2.38. The first kappa shape index (κ1) is 12.0. The lowest BCUT2D eigenvalue weighted by Gasteiger charge is -2.13. The number of nitrogens with two attached hydrogens (primary N) is 1. The molecule has 0 fully saturated rings. The number of benzene rings is 1. The maximum atomic E-state index is 12.4. The predicted molar refractivity (Wildman–Crippen MR) is 53.5 cm³/mol. The SMILES string of the molecule is C[C@H](CCN)c1cccc(C(F)(F)F)c1. The predicted octanol–water partition coefficient (Wildman–Crippen LogP) is 3.16. The largest absolute Gasteiger partial charge is 0.416 e. The molecule has 15 heavy (non-hydrogen) atoms. The van der Waals surface area contributed by atoms with E-state index in [-0.39, 0.29) is 5.92 Å². The van der Waals surface area contributed by atoms with Crippen LogP contribution in [0.25, 0.3) is 0 Å². The van der Waals surface area contributed by atoms with Gasteiger partial charge in [0.05, 0.1) is 5.56 Å². The van der Waals surface area contributed by atoms with Crippen molar-refractivity contribution in [2.75, 3.05) is 6.54 Å². The van der Waals surface area contributed by atoms with Crippen LogP contribution in [-0.4, -0.2) is 6.54 Å². The lowest BCUT2D eigenvalue weighted by atomic mass is 9.96. The van der Waals surface area contributed by atoms with Gasteiger partial charge in [0, 0.05) is 0 Å². The molecule has 0 saturated carbocycles. The van der Waals surface area contributed by atoms with Gasteiger partial charge in [-0.2, -0.15) is 13.2 Å². The zero-order valence-electron chi connectivity index (χ0n) is 8.51. The van der Waals surface area contributed by atoms with Gasteiger partial charge >= 0.3 is 6.18 Å². The molecule has 0 amide bonds. The Bertz CT molecular complexity index is 320. The molecule has 84 valence electrons. The summed E-state index contributed by atoms with van der Waals surface area (Å²) < 4.78 is 37.2. The summed E-state index contributed by atoms with van der Waals surface area (Å²) >= 11 is 0. The molecule has 0 aliphatic rings. The van der Waals surface area contributed by atoms with Gasteiger partial charge in [-0.15, -0.1) is 0 Å². The molecule has 1 aromatic carbocycles. The molecular formula is C11H14F3N. The zero-order valence-corrected chi connectivity index (χ0v) is 8.51. The van der Waals surface area contributed by atoms with Crippen LogP contribution in [-0.2, 0) is 6.18 Å². The maximum Gasteiger partial charge on any atom is 0.416 e. The molecular weight excluding hydrogens is 203 g/mol. The van der Waals surface area contributed by atoms with Gasteiger partial charge in [-0.1, -0.05) is 25.1 Å². The second-order valence-electron chi connectivity index (χ2n) is 3.60. The molecule has 0 heterocycles. The highest BCUT2D eigenvalue weighted by Crippen LogP contribution is 2.31. The molecule has 0 aliphatic heterocycles. The summed E-state index contributed by atoms with van der Waals surface area (Å²) in [6, 6.07) is 5.42. The summed E-state index contributed by atoms with van der Waals surface area (Å²) in [7, 11) is 0. The fourth-order valence-corrected chi connectivity index (χ4v) is 1.44. The molecule has 0 radical (unpaired) electrons. The van der Waals surface area contributed by atoms with Crippen molar-refractivity contribution in [2.24, 2.45) is 5.73 Å². The highest BCUT2D eigenvalue weighted by Gasteiger charge is 2.30. The van der Waals surface area contributed by atoms with Crippen molar-refractivity contribution < 1.29 is 13.2 Å². The Labute approximate surface area is 87.1 Å². The number of rotatable bonds is 3. The highest BCUT2D eigenvalue weighted by atomic mass is 19.4. The van der Waals surface area contributed by atoms with E-state index in [2.05, 4.69) is 0 Å². The average molecular weight is 217 g/mol. The molecule has 0 unspecified atom stereocenters. The van der Waals surface area contributed by atoms with Crippen molar-refractivity contribution in [3.8, 4) is 0 Å². The van der Waals surface area contributed by atoms with E-state index >= 15 is 0 Å². The Kier molecular flexibility index (Phi) is 3.74. The first-order valence-electron chi connectivity index (χ1n) is 4.82. The Balaban J connectivity index is 2.92. The molecule has 4 heteroatoms. The Hall–Kier alpha value is -1.03. The van der Waals surface area contributed by atoms with Gasteiger partial charge in [0.2, 0.25) is 0 Å². The number of hydrogen-bond donors (Lipinski definition) is 1. The summed E-state index contributed by atoms with van der Waals surface area (Å²) in [6.07, 6.45) is -3.57. The van der Waals surface area contributed by atoms with Crippen molar-refractivity contribution in [1.29, 1.82) is 0 Å². The van der Waals surface area contributed by atoms with E-state index in [0.29, 0.717) is 18.5 Å². The van der Waals surface area contributed by atoms with Crippen molar-refractivity contribution in [3.05, 3.63) is 35.4 Å². The molecule has 1 nitrogen and oxygen atoms in total. The van der Waals surface area contributed by atoms with Crippen LogP contribution in [0, 0.1) is 0 Å². The third-order valence-corrected chi connectivity index (χ3v) is 2.38. The second kappa shape index (κ2) is 4.66. The maximum absolute atomic E-state index is 12.4. The highest BCUT2D eigenvalue weighted by molar-refractivity contribution is 5.27. The Morgan fingerprint density at radius 2 is 2.00 bits per heavy atom. The molecule has 0 aromatic heterocycles. The lowest BCUT2D eigenvalue weighted by molar-refractivity contribution is -0.137. The van der Waals surface area contributed by atoms with Gasteiger partial charge in [-0.25, -0.2) is 0 Å². The van der Waals surface area contributed by atoms with E-state index in [1.54, 1.807) is 6.07 Å². The van der Waals surface area contributed by atoms with E-state index in [9.17, 15) is 13.2 Å². The van der Waals surface area contributed by atoms with Gasteiger partial charge in [0.1, 0.15) is 0 Å². The molecule has 0 saturated heterocycles. The van der Waals surface area contributed by atoms with Crippen LogP contribution < -0.4 is 5.73 Å². The van der Waals surface area contributed by atoms with Crippen LogP contribution >= 0.6 is 0 Å². The summed E-state index contributed by atoms with van der Waals surface area (Å²) in [5.41, 5.74) is 5.46.